The van der Waals surface area contributed by atoms with Crippen LogP contribution in [0.2, 0.25) is 5.02 Å². The Hall–Kier alpha value is -4.04. The molecular formula is C24H17ClN2O6. The van der Waals surface area contributed by atoms with Gasteiger partial charge in [-0.15, -0.1) is 0 Å². The van der Waals surface area contributed by atoms with Crippen LogP contribution in [0.4, 0.5) is 5.69 Å². The Morgan fingerprint density at radius 3 is 2.73 bits per heavy atom. The van der Waals surface area contributed by atoms with Gasteiger partial charge in [-0.25, -0.2) is 0 Å². The minimum absolute atomic E-state index is 0.0677. The molecule has 2 aliphatic heterocycles. The Labute approximate surface area is 193 Å². The van der Waals surface area contributed by atoms with Crippen molar-refractivity contribution in [3.8, 4) is 17.2 Å². The molecule has 0 radical (unpaired) electrons. The number of rotatable bonds is 4. The molecule has 33 heavy (non-hydrogen) atoms. The molecule has 0 saturated carbocycles. The number of Topliss-reactive ketones (excluding diaryl/α,β-unsaturated/α-hetero) is 1. The summed E-state index contributed by atoms with van der Waals surface area (Å²) in [4.78, 5) is 31.9. The van der Waals surface area contributed by atoms with Crippen LogP contribution >= 0.6 is 11.6 Å². The third kappa shape index (κ3) is 3.44. The number of ketones is 1. The van der Waals surface area contributed by atoms with Gasteiger partial charge >= 0.3 is 0 Å². The van der Waals surface area contributed by atoms with E-state index in [0.717, 1.165) is 0 Å². The molecule has 1 saturated heterocycles. The van der Waals surface area contributed by atoms with E-state index >= 15 is 0 Å². The smallest absolute Gasteiger partial charge is 0.300 e. The fourth-order valence-corrected chi connectivity index (χ4v) is 4.17. The number of anilines is 1. The SMILES string of the molecule is COc1ccc(Cl)cc1/C(O)=C1\C(=O)C(=O)N(c2ccc3c(c2)OCO3)C1c1cccnc1. The number of ether oxygens (including phenoxy) is 3. The first-order valence-corrected chi connectivity index (χ1v) is 10.3. The average Bonchev–Trinajstić information content (AvgIpc) is 3.41. The topological polar surface area (TPSA) is 98.2 Å². The first-order valence-electron chi connectivity index (χ1n) is 9.94. The van der Waals surface area contributed by atoms with Crippen molar-refractivity contribution in [2.75, 3.05) is 18.8 Å². The van der Waals surface area contributed by atoms with E-state index in [9.17, 15) is 14.7 Å². The third-order valence-corrected chi connectivity index (χ3v) is 5.73. The van der Waals surface area contributed by atoms with Crippen molar-refractivity contribution < 1.29 is 28.9 Å². The Kier molecular flexibility index (Phi) is 5.14. The second-order valence-electron chi connectivity index (χ2n) is 7.34. The van der Waals surface area contributed by atoms with Crippen molar-refractivity contribution in [3.63, 3.8) is 0 Å². The molecule has 3 heterocycles. The maximum atomic E-state index is 13.2. The lowest BCUT2D eigenvalue weighted by Crippen LogP contribution is -2.29. The highest BCUT2D eigenvalue weighted by atomic mass is 35.5. The molecule has 1 unspecified atom stereocenters. The van der Waals surface area contributed by atoms with Crippen molar-refractivity contribution in [1.82, 2.24) is 4.98 Å². The predicted molar refractivity (Wildman–Crippen MR) is 120 cm³/mol. The van der Waals surface area contributed by atoms with E-state index < -0.39 is 23.5 Å². The number of carbonyl (C=O) groups is 2. The normalized spacial score (nSPS) is 18.6. The fourth-order valence-electron chi connectivity index (χ4n) is 4.00. The van der Waals surface area contributed by atoms with E-state index in [1.165, 1.54) is 18.1 Å². The molecule has 1 amide bonds. The van der Waals surface area contributed by atoms with Gasteiger partial charge in [0.25, 0.3) is 11.7 Å². The summed E-state index contributed by atoms with van der Waals surface area (Å²) in [7, 11) is 1.43. The van der Waals surface area contributed by atoms with Crippen LogP contribution in [0.25, 0.3) is 5.76 Å². The van der Waals surface area contributed by atoms with Crippen molar-refractivity contribution in [2.24, 2.45) is 0 Å². The fraction of sp³-hybridized carbons (Fsp3) is 0.125. The summed E-state index contributed by atoms with van der Waals surface area (Å²) in [6.07, 6.45) is 3.12. The average molecular weight is 465 g/mol. The first-order chi connectivity index (χ1) is 16.0. The standard InChI is InChI=1S/C24H17ClN2O6/c1-31-17-6-4-14(25)9-16(17)22(28)20-21(13-3-2-8-26-11-13)27(24(30)23(20)29)15-5-7-18-19(10-15)33-12-32-18/h2-11,21,28H,12H2,1H3/b22-20+. The number of methoxy groups -OCH3 is 1. The predicted octanol–water partition coefficient (Wildman–Crippen LogP) is 4.10. The molecule has 0 aliphatic carbocycles. The summed E-state index contributed by atoms with van der Waals surface area (Å²) in [6.45, 7) is 0.0677. The van der Waals surface area contributed by atoms with Crippen LogP contribution in [-0.2, 0) is 9.59 Å². The maximum Gasteiger partial charge on any atom is 0.300 e. The van der Waals surface area contributed by atoms with E-state index in [1.54, 1.807) is 54.9 Å². The Morgan fingerprint density at radius 1 is 1.15 bits per heavy atom. The van der Waals surface area contributed by atoms with Gasteiger partial charge in [-0.05, 0) is 42.0 Å². The van der Waals surface area contributed by atoms with Gasteiger partial charge in [0.05, 0.1) is 24.3 Å². The van der Waals surface area contributed by atoms with Gasteiger partial charge in [-0.3, -0.25) is 19.5 Å². The van der Waals surface area contributed by atoms with Crippen LogP contribution in [0, 0.1) is 0 Å². The monoisotopic (exact) mass is 464 g/mol. The molecule has 5 rings (SSSR count). The zero-order valence-corrected chi connectivity index (χ0v) is 18.1. The lowest BCUT2D eigenvalue weighted by atomic mass is 9.96. The number of carbonyl (C=O) groups excluding carboxylic acids is 2. The van der Waals surface area contributed by atoms with Gasteiger partial charge < -0.3 is 19.3 Å². The summed E-state index contributed by atoms with van der Waals surface area (Å²) in [5, 5.41) is 11.6. The molecule has 9 heteroatoms. The minimum atomic E-state index is -0.942. The molecule has 1 fully saturated rings. The molecule has 8 nitrogen and oxygen atoms in total. The highest BCUT2D eigenvalue weighted by Gasteiger charge is 2.47. The number of aliphatic hydroxyl groups is 1. The van der Waals surface area contributed by atoms with Crippen molar-refractivity contribution in [1.29, 1.82) is 0 Å². The number of amides is 1. The number of benzene rings is 2. The van der Waals surface area contributed by atoms with E-state index in [0.29, 0.717) is 33.5 Å². The third-order valence-electron chi connectivity index (χ3n) is 5.50. The van der Waals surface area contributed by atoms with Crippen LogP contribution in [0.5, 0.6) is 17.2 Å². The quantitative estimate of drug-likeness (QED) is 0.352. The summed E-state index contributed by atoms with van der Waals surface area (Å²) < 4.78 is 16.1. The molecule has 0 bridgehead atoms. The van der Waals surface area contributed by atoms with E-state index in [2.05, 4.69) is 4.98 Å². The molecule has 1 N–H and O–H groups in total. The number of hydrogen-bond acceptors (Lipinski definition) is 7. The summed E-state index contributed by atoms with van der Waals surface area (Å²) in [6, 6.07) is 12.1. The van der Waals surface area contributed by atoms with Crippen LogP contribution in [0.15, 0.2) is 66.5 Å². The largest absolute Gasteiger partial charge is 0.507 e. The van der Waals surface area contributed by atoms with E-state index in [1.807, 2.05) is 0 Å². The molecule has 2 aliphatic rings. The van der Waals surface area contributed by atoms with Gasteiger partial charge in [0.2, 0.25) is 6.79 Å². The lowest BCUT2D eigenvalue weighted by Gasteiger charge is -2.25. The molecule has 166 valence electrons. The number of aliphatic hydroxyl groups excluding tert-OH is 1. The first kappa shape index (κ1) is 20.8. The summed E-state index contributed by atoms with van der Waals surface area (Å²) in [5.41, 5.74) is 1.04. The number of nitrogens with zero attached hydrogens (tertiary/aromatic N) is 2. The van der Waals surface area contributed by atoms with Crippen LogP contribution in [0.3, 0.4) is 0 Å². The van der Waals surface area contributed by atoms with Crippen molar-refractivity contribution in [3.05, 3.63) is 82.6 Å². The lowest BCUT2D eigenvalue weighted by molar-refractivity contribution is -0.132. The second kappa shape index (κ2) is 8.14. The van der Waals surface area contributed by atoms with Gasteiger partial charge in [-0.1, -0.05) is 17.7 Å². The summed E-state index contributed by atoms with van der Waals surface area (Å²) >= 11 is 6.13. The van der Waals surface area contributed by atoms with Gasteiger partial charge in [0, 0.05) is 29.2 Å². The number of aromatic nitrogens is 1. The van der Waals surface area contributed by atoms with Crippen molar-refractivity contribution >= 4 is 34.7 Å². The van der Waals surface area contributed by atoms with Crippen LogP contribution in [-0.4, -0.2) is 35.7 Å². The number of hydrogen-bond donors (Lipinski definition) is 1. The van der Waals surface area contributed by atoms with E-state index in [-0.39, 0.29) is 17.9 Å². The van der Waals surface area contributed by atoms with Gasteiger partial charge in [-0.2, -0.15) is 0 Å². The Bertz CT molecular complexity index is 1310. The minimum Gasteiger partial charge on any atom is -0.507 e. The zero-order valence-electron chi connectivity index (χ0n) is 17.3. The molecule has 1 aromatic heterocycles. The molecular weight excluding hydrogens is 448 g/mol. The highest BCUT2D eigenvalue weighted by molar-refractivity contribution is 6.51. The van der Waals surface area contributed by atoms with E-state index in [4.69, 9.17) is 25.8 Å². The number of halogens is 1. The second-order valence-corrected chi connectivity index (χ2v) is 7.77. The molecule has 2 aromatic carbocycles. The maximum absolute atomic E-state index is 13.2. The zero-order chi connectivity index (χ0) is 23.1. The highest BCUT2D eigenvalue weighted by Crippen LogP contribution is 2.45. The van der Waals surface area contributed by atoms with Gasteiger partial charge in [0.1, 0.15) is 11.5 Å². The molecule has 1 atom stereocenters. The van der Waals surface area contributed by atoms with Gasteiger partial charge in [0.15, 0.2) is 11.5 Å². The summed E-state index contributed by atoms with van der Waals surface area (Å²) in [5.74, 6) is -0.750. The Morgan fingerprint density at radius 2 is 1.97 bits per heavy atom. The van der Waals surface area contributed by atoms with Crippen LogP contribution in [0.1, 0.15) is 17.2 Å². The van der Waals surface area contributed by atoms with Crippen LogP contribution < -0.4 is 19.1 Å². The van der Waals surface area contributed by atoms with Crippen molar-refractivity contribution in [2.45, 2.75) is 6.04 Å². The molecule has 0 spiro atoms. The number of pyridine rings is 1. The number of fused-ring (bicyclic) bond motifs is 1. The molecule has 3 aromatic rings. The Balaban J connectivity index is 1.73.